The fourth-order valence-electron chi connectivity index (χ4n) is 4.46. The lowest BCUT2D eigenvalue weighted by Crippen LogP contribution is -2.39. The van der Waals surface area contributed by atoms with E-state index in [2.05, 4.69) is 0 Å². The van der Waals surface area contributed by atoms with E-state index in [1.807, 2.05) is 0 Å². The molecule has 0 spiro atoms. The summed E-state index contributed by atoms with van der Waals surface area (Å²) in [5.41, 5.74) is 3.25. The normalized spacial score (nSPS) is 13.7. The van der Waals surface area contributed by atoms with E-state index in [0.29, 0.717) is 36.1 Å². The van der Waals surface area contributed by atoms with Gasteiger partial charge in [0.2, 0.25) is 11.5 Å². The van der Waals surface area contributed by atoms with Crippen LogP contribution in [-0.2, 0) is 31.4 Å². The van der Waals surface area contributed by atoms with Crippen molar-refractivity contribution in [1.82, 2.24) is 18.4 Å². The van der Waals surface area contributed by atoms with Crippen LogP contribution in [0.25, 0.3) is 16.6 Å². The molecule has 8 heteroatoms. The number of aryl methyl sites for hydroxylation is 1. The fraction of sp³-hybridized carbons (Fsp3) is 0.261. The van der Waals surface area contributed by atoms with E-state index < -0.39 is 5.82 Å². The quantitative estimate of drug-likeness (QED) is 0.510. The second-order valence-electron chi connectivity index (χ2n) is 7.87. The fourth-order valence-corrected chi connectivity index (χ4v) is 4.46. The third kappa shape index (κ3) is 3.15. The highest BCUT2D eigenvalue weighted by molar-refractivity contribution is 5.80. The molecule has 0 atom stereocenters. The Bertz CT molecular complexity index is 1460. The van der Waals surface area contributed by atoms with Gasteiger partial charge in [-0.2, -0.15) is 0 Å². The summed E-state index contributed by atoms with van der Waals surface area (Å²) in [6.45, 7) is 1.12. The predicted molar refractivity (Wildman–Crippen MR) is 115 cm³/mol. The number of halogens is 1. The van der Waals surface area contributed by atoms with E-state index in [9.17, 15) is 18.8 Å². The number of hydrogen-bond donors (Lipinski definition) is 0. The van der Waals surface area contributed by atoms with Crippen LogP contribution in [0.1, 0.15) is 17.7 Å². The minimum atomic E-state index is -0.434. The smallest absolute Gasteiger partial charge is 0.275 e. The van der Waals surface area contributed by atoms with Gasteiger partial charge >= 0.3 is 0 Å². The number of fused-ring (bicyclic) bond motifs is 4. The van der Waals surface area contributed by atoms with Gasteiger partial charge in [0, 0.05) is 57.5 Å². The molecule has 1 aliphatic heterocycles. The molecule has 3 aromatic heterocycles. The van der Waals surface area contributed by atoms with E-state index in [-0.39, 0.29) is 30.0 Å². The van der Waals surface area contributed by atoms with Gasteiger partial charge in [0.05, 0.1) is 11.0 Å². The van der Waals surface area contributed by atoms with Gasteiger partial charge < -0.3 is 18.4 Å². The van der Waals surface area contributed by atoms with Crippen LogP contribution >= 0.6 is 0 Å². The molecule has 0 saturated heterocycles. The van der Waals surface area contributed by atoms with Crippen LogP contribution < -0.4 is 11.1 Å². The number of carbonyl (C=O) groups excluding carboxylic acids is 1. The maximum atomic E-state index is 13.9. The summed E-state index contributed by atoms with van der Waals surface area (Å²) in [5, 5.41) is 0. The number of rotatable bonds is 3. The van der Waals surface area contributed by atoms with Crippen LogP contribution in [0.2, 0.25) is 0 Å². The number of hydrogen-bond acceptors (Lipinski definition) is 3. The second kappa shape index (κ2) is 7.23. The van der Waals surface area contributed by atoms with Crippen molar-refractivity contribution < 1.29 is 9.18 Å². The molecule has 158 valence electrons. The highest BCUT2D eigenvalue weighted by Crippen LogP contribution is 2.19. The largest absolute Gasteiger partial charge is 0.338 e. The van der Waals surface area contributed by atoms with Gasteiger partial charge in [0.15, 0.2) is 0 Å². The van der Waals surface area contributed by atoms with E-state index in [1.54, 1.807) is 51.4 Å². The molecule has 0 radical (unpaired) electrons. The molecule has 4 aromatic rings. The second-order valence-corrected chi connectivity index (χ2v) is 7.87. The third-order valence-corrected chi connectivity index (χ3v) is 6.12. The Kier molecular flexibility index (Phi) is 4.50. The monoisotopic (exact) mass is 420 g/mol. The first-order valence-electron chi connectivity index (χ1n) is 10.2. The van der Waals surface area contributed by atoms with Crippen molar-refractivity contribution in [3.8, 4) is 0 Å². The Morgan fingerprint density at radius 2 is 1.90 bits per heavy atom. The first-order valence-corrected chi connectivity index (χ1v) is 10.2. The molecule has 0 saturated carbocycles. The van der Waals surface area contributed by atoms with Crippen molar-refractivity contribution in [2.24, 2.45) is 7.05 Å². The zero-order chi connectivity index (χ0) is 21.7. The molecule has 1 aromatic carbocycles. The Balaban J connectivity index is 1.43. The summed E-state index contributed by atoms with van der Waals surface area (Å²) in [5.74, 6) is -0.511. The van der Waals surface area contributed by atoms with E-state index in [4.69, 9.17) is 0 Å². The third-order valence-electron chi connectivity index (χ3n) is 6.12. The summed E-state index contributed by atoms with van der Waals surface area (Å²) in [6.07, 6.45) is 2.51. The SMILES string of the molecule is Cn1c2c(ccc1=O)CN(C(=O)CCn1c(=O)c3cccn3c3ccc(F)cc31)CC2. The minimum absolute atomic E-state index is 0.0576. The molecule has 4 heterocycles. The highest BCUT2D eigenvalue weighted by Gasteiger charge is 2.23. The maximum absolute atomic E-state index is 13.9. The molecule has 1 aliphatic rings. The molecule has 7 nitrogen and oxygen atoms in total. The van der Waals surface area contributed by atoms with Crippen LogP contribution in [0, 0.1) is 5.82 Å². The molecule has 5 rings (SSSR count). The van der Waals surface area contributed by atoms with Crippen molar-refractivity contribution in [2.75, 3.05) is 6.54 Å². The van der Waals surface area contributed by atoms with Crippen LogP contribution in [-0.4, -0.2) is 30.9 Å². The molecule has 0 bridgehead atoms. The summed E-state index contributed by atoms with van der Waals surface area (Å²) >= 11 is 0. The number of pyridine rings is 1. The van der Waals surface area contributed by atoms with Crippen LogP contribution in [0.15, 0.2) is 58.3 Å². The minimum Gasteiger partial charge on any atom is -0.338 e. The lowest BCUT2D eigenvalue weighted by molar-refractivity contribution is -0.132. The van der Waals surface area contributed by atoms with Gasteiger partial charge in [-0.05, 0) is 35.9 Å². The summed E-state index contributed by atoms with van der Waals surface area (Å²) in [4.78, 5) is 39.5. The van der Waals surface area contributed by atoms with Gasteiger partial charge in [0.25, 0.3) is 5.56 Å². The Labute approximate surface area is 176 Å². The predicted octanol–water partition coefficient (Wildman–Crippen LogP) is 2.07. The molecule has 0 N–H and O–H groups in total. The van der Waals surface area contributed by atoms with Gasteiger partial charge in [0.1, 0.15) is 11.3 Å². The van der Waals surface area contributed by atoms with Crippen LogP contribution in [0.4, 0.5) is 4.39 Å². The van der Waals surface area contributed by atoms with Crippen molar-refractivity contribution in [1.29, 1.82) is 0 Å². The lowest BCUT2D eigenvalue weighted by Gasteiger charge is -2.30. The molecule has 1 amide bonds. The Morgan fingerprint density at radius 3 is 2.74 bits per heavy atom. The van der Waals surface area contributed by atoms with Crippen molar-refractivity contribution >= 4 is 22.5 Å². The number of aromatic nitrogens is 3. The van der Waals surface area contributed by atoms with E-state index >= 15 is 0 Å². The first kappa shape index (κ1) is 19.3. The molecule has 0 aliphatic carbocycles. The highest BCUT2D eigenvalue weighted by atomic mass is 19.1. The van der Waals surface area contributed by atoms with E-state index in [1.165, 1.54) is 22.8 Å². The van der Waals surface area contributed by atoms with Crippen LogP contribution in [0.3, 0.4) is 0 Å². The molecule has 0 unspecified atom stereocenters. The van der Waals surface area contributed by atoms with Crippen molar-refractivity contribution in [3.63, 3.8) is 0 Å². The van der Waals surface area contributed by atoms with Gasteiger partial charge in [-0.15, -0.1) is 0 Å². The zero-order valence-electron chi connectivity index (χ0n) is 17.0. The van der Waals surface area contributed by atoms with Crippen molar-refractivity contribution in [3.05, 3.63) is 86.4 Å². The average molecular weight is 420 g/mol. The molecular formula is C23H21FN4O3. The van der Waals surface area contributed by atoms with Gasteiger partial charge in [-0.3, -0.25) is 14.4 Å². The van der Waals surface area contributed by atoms with Gasteiger partial charge in [-0.25, -0.2) is 4.39 Å². The molecule has 31 heavy (non-hydrogen) atoms. The zero-order valence-corrected chi connectivity index (χ0v) is 17.0. The number of benzene rings is 1. The number of carbonyl (C=O) groups is 1. The lowest BCUT2D eigenvalue weighted by atomic mass is 10.0. The summed E-state index contributed by atoms with van der Waals surface area (Å²) in [7, 11) is 1.74. The summed E-state index contributed by atoms with van der Waals surface area (Å²) < 4.78 is 18.8. The maximum Gasteiger partial charge on any atom is 0.275 e. The topological polar surface area (TPSA) is 68.7 Å². The van der Waals surface area contributed by atoms with Gasteiger partial charge in [-0.1, -0.05) is 6.07 Å². The van der Waals surface area contributed by atoms with E-state index in [0.717, 1.165) is 11.3 Å². The number of amides is 1. The standard InChI is InChI=1S/C23H21FN4O3/c1-25-17-8-11-26(14-15(17)4-7-21(25)29)22(30)9-12-28-20-13-16(24)5-6-18(20)27-10-2-3-19(27)23(28)31/h2-7,10,13H,8-9,11-12,14H2,1H3. The molecule has 0 fully saturated rings. The number of nitrogens with zero attached hydrogens (tertiary/aromatic N) is 4. The average Bonchev–Trinajstić information content (AvgIpc) is 3.26. The Morgan fingerprint density at radius 1 is 1.06 bits per heavy atom. The first-order chi connectivity index (χ1) is 14.9. The van der Waals surface area contributed by atoms with Crippen molar-refractivity contribution in [2.45, 2.75) is 25.9 Å². The Hall–Kier alpha value is -3.68. The summed E-state index contributed by atoms with van der Waals surface area (Å²) in [6, 6.07) is 11.1. The van der Waals surface area contributed by atoms with Crippen LogP contribution in [0.5, 0.6) is 0 Å². The molecular weight excluding hydrogens is 399 g/mol.